The number of anilines is 1. The molecule has 2 aromatic carbocycles. The first-order valence-electron chi connectivity index (χ1n) is 10.8. The van der Waals surface area contributed by atoms with Crippen LogP contribution in [0, 0.1) is 19.7 Å². The third-order valence-electron chi connectivity index (χ3n) is 5.70. The first-order valence-corrected chi connectivity index (χ1v) is 10.8. The third-order valence-corrected chi connectivity index (χ3v) is 5.70. The van der Waals surface area contributed by atoms with E-state index in [9.17, 15) is 9.18 Å². The fourth-order valence-corrected chi connectivity index (χ4v) is 3.92. The molecule has 1 atom stereocenters. The molecule has 3 aromatic rings. The van der Waals surface area contributed by atoms with E-state index in [0.717, 1.165) is 17.1 Å². The highest BCUT2D eigenvalue weighted by atomic mass is 19.1. The summed E-state index contributed by atoms with van der Waals surface area (Å²) in [5.41, 5.74) is 4.34. The van der Waals surface area contributed by atoms with Crippen molar-refractivity contribution in [3.63, 3.8) is 0 Å². The molecular weight excluding hydrogens is 407 g/mol. The molecule has 1 aliphatic heterocycles. The average molecular weight is 435 g/mol. The minimum atomic E-state index is -0.635. The van der Waals surface area contributed by atoms with Crippen molar-refractivity contribution >= 4 is 11.7 Å². The molecule has 2 heterocycles. The lowest BCUT2D eigenvalue weighted by Gasteiger charge is -2.36. The number of nitrogens with zero attached hydrogens (tertiary/aromatic N) is 4. The number of hydrogen-bond acceptors (Lipinski definition) is 5. The Balaban J connectivity index is 1.34. The van der Waals surface area contributed by atoms with Crippen LogP contribution >= 0.6 is 0 Å². The molecule has 1 aromatic heterocycles. The Morgan fingerprint density at radius 1 is 0.969 bits per heavy atom. The molecule has 1 unspecified atom stereocenters. The molecule has 1 saturated heterocycles. The van der Waals surface area contributed by atoms with Crippen LogP contribution in [0.15, 0.2) is 54.6 Å². The van der Waals surface area contributed by atoms with Crippen molar-refractivity contribution < 1.29 is 13.9 Å². The lowest BCUT2D eigenvalue weighted by atomic mass is 10.0. The Morgan fingerprint density at radius 3 is 2.31 bits per heavy atom. The van der Waals surface area contributed by atoms with Gasteiger partial charge in [0.25, 0.3) is 5.91 Å². The number of benzene rings is 2. The van der Waals surface area contributed by atoms with E-state index in [2.05, 4.69) is 47.1 Å². The lowest BCUT2D eigenvalue weighted by molar-refractivity contribution is -0.138. The third kappa shape index (κ3) is 4.88. The van der Waals surface area contributed by atoms with Crippen LogP contribution in [0.4, 0.5) is 10.2 Å². The number of halogens is 1. The van der Waals surface area contributed by atoms with Gasteiger partial charge in [-0.3, -0.25) is 4.79 Å². The highest BCUT2D eigenvalue weighted by Gasteiger charge is 2.26. The summed E-state index contributed by atoms with van der Waals surface area (Å²) in [6.45, 7) is 8.38. The number of ether oxygens (including phenoxy) is 1. The van der Waals surface area contributed by atoms with Crippen LogP contribution in [0.5, 0.6) is 5.75 Å². The van der Waals surface area contributed by atoms with Crippen LogP contribution in [0.2, 0.25) is 0 Å². The zero-order valence-electron chi connectivity index (χ0n) is 18.6. The zero-order chi connectivity index (χ0) is 22.7. The SMILES string of the molecule is Cc1ccc(-c2ccc(N3CCN(C(=O)C(C)Oc4ccc(F)cc4)CC3)nn2)c(C)c1. The molecule has 1 fully saturated rings. The van der Waals surface area contributed by atoms with E-state index in [0.29, 0.717) is 31.9 Å². The normalized spacial score (nSPS) is 14.9. The molecule has 0 aliphatic carbocycles. The van der Waals surface area contributed by atoms with Crippen molar-refractivity contribution in [1.29, 1.82) is 0 Å². The van der Waals surface area contributed by atoms with Crippen LogP contribution in [0.25, 0.3) is 11.3 Å². The molecule has 1 aliphatic rings. The Labute approximate surface area is 187 Å². The smallest absolute Gasteiger partial charge is 0.263 e. The Kier molecular flexibility index (Phi) is 6.35. The summed E-state index contributed by atoms with van der Waals surface area (Å²) >= 11 is 0. The van der Waals surface area contributed by atoms with Crippen molar-refractivity contribution in [1.82, 2.24) is 15.1 Å². The molecule has 0 radical (unpaired) electrons. The van der Waals surface area contributed by atoms with Gasteiger partial charge in [-0.15, -0.1) is 10.2 Å². The van der Waals surface area contributed by atoms with Gasteiger partial charge in [-0.05, 0) is 62.7 Å². The number of aryl methyl sites for hydroxylation is 2. The van der Waals surface area contributed by atoms with Crippen molar-refractivity contribution in [2.45, 2.75) is 26.9 Å². The Bertz CT molecular complexity index is 1080. The fraction of sp³-hybridized carbons (Fsp3) is 0.320. The maximum atomic E-state index is 13.0. The largest absolute Gasteiger partial charge is 0.481 e. The molecule has 0 spiro atoms. The molecule has 32 heavy (non-hydrogen) atoms. The zero-order valence-corrected chi connectivity index (χ0v) is 18.6. The number of piperazine rings is 1. The van der Waals surface area contributed by atoms with Gasteiger partial charge in [-0.25, -0.2) is 4.39 Å². The van der Waals surface area contributed by atoms with Crippen molar-refractivity contribution in [3.8, 4) is 17.0 Å². The van der Waals surface area contributed by atoms with Gasteiger partial charge < -0.3 is 14.5 Å². The predicted octanol–water partition coefficient (Wildman–Crippen LogP) is 4.02. The maximum Gasteiger partial charge on any atom is 0.263 e. The van der Waals surface area contributed by atoms with Crippen LogP contribution in [0.1, 0.15) is 18.1 Å². The van der Waals surface area contributed by atoms with Crippen LogP contribution in [-0.2, 0) is 4.79 Å². The van der Waals surface area contributed by atoms with Crippen LogP contribution in [0.3, 0.4) is 0 Å². The molecule has 0 saturated carbocycles. The molecular formula is C25H27FN4O2. The van der Waals surface area contributed by atoms with Crippen molar-refractivity contribution in [2.24, 2.45) is 0 Å². The second-order valence-corrected chi connectivity index (χ2v) is 8.12. The summed E-state index contributed by atoms with van der Waals surface area (Å²) in [4.78, 5) is 16.7. The minimum Gasteiger partial charge on any atom is -0.481 e. The summed E-state index contributed by atoms with van der Waals surface area (Å²) in [5, 5.41) is 8.86. The highest BCUT2D eigenvalue weighted by molar-refractivity contribution is 5.81. The van der Waals surface area contributed by atoms with E-state index in [4.69, 9.17) is 4.74 Å². The van der Waals surface area contributed by atoms with E-state index in [-0.39, 0.29) is 11.7 Å². The van der Waals surface area contributed by atoms with Gasteiger partial charge in [0.05, 0.1) is 5.69 Å². The molecule has 0 bridgehead atoms. The molecule has 1 amide bonds. The summed E-state index contributed by atoms with van der Waals surface area (Å²) in [6, 6.07) is 16.0. The maximum absolute atomic E-state index is 13.0. The summed E-state index contributed by atoms with van der Waals surface area (Å²) in [5.74, 6) is 0.870. The van der Waals surface area contributed by atoms with Gasteiger partial charge in [-0.2, -0.15) is 0 Å². The van der Waals surface area contributed by atoms with Gasteiger partial charge in [0, 0.05) is 31.7 Å². The monoisotopic (exact) mass is 434 g/mol. The van der Waals surface area contributed by atoms with Gasteiger partial charge in [0.15, 0.2) is 11.9 Å². The Hall–Kier alpha value is -3.48. The lowest BCUT2D eigenvalue weighted by Crippen LogP contribution is -2.52. The molecule has 4 rings (SSSR count). The standard InChI is InChI=1S/C25H27FN4O2/c1-17-4-9-22(18(2)16-17)23-10-11-24(28-27-23)29-12-14-30(15-13-29)25(31)19(3)32-21-7-5-20(26)6-8-21/h4-11,16,19H,12-15H2,1-3H3. The average Bonchev–Trinajstić information content (AvgIpc) is 2.80. The molecule has 6 nitrogen and oxygen atoms in total. The second kappa shape index (κ2) is 9.34. The van der Waals surface area contributed by atoms with Crippen molar-refractivity contribution in [3.05, 3.63) is 71.5 Å². The highest BCUT2D eigenvalue weighted by Crippen LogP contribution is 2.24. The number of aromatic nitrogens is 2. The minimum absolute atomic E-state index is 0.0785. The number of carbonyl (C=O) groups excluding carboxylic acids is 1. The van der Waals surface area contributed by atoms with Gasteiger partial charge >= 0.3 is 0 Å². The summed E-state index contributed by atoms with van der Waals surface area (Å²) < 4.78 is 18.7. The van der Waals surface area contributed by atoms with Crippen LogP contribution in [-0.4, -0.2) is 53.3 Å². The summed E-state index contributed by atoms with van der Waals surface area (Å²) in [7, 11) is 0. The van der Waals surface area contributed by atoms with E-state index >= 15 is 0 Å². The fourth-order valence-electron chi connectivity index (χ4n) is 3.92. The van der Waals surface area contributed by atoms with Gasteiger partial charge in [0.1, 0.15) is 11.6 Å². The van der Waals surface area contributed by atoms with Gasteiger partial charge in [0.2, 0.25) is 0 Å². The van der Waals surface area contributed by atoms with E-state index in [1.807, 2.05) is 12.1 Å². The number of amides is 1. The topological polar surface area (TPSA) is 58.6 Å². The molecule has 7 heteroatoms. The number of hydrogen-bond donors (Lipinski definition) is 0. The van der Waals surface area contributed by atoms with E-state index < -0.39 is 6.10 Å². The van der Waals surface area contributed by atoms with E-state index in [1.54, 1.807) is 11.8 Å². The first kappa shape index (κ1) is 21.7. The number of carbonyl (C=O) groups is 1. The number of rotatable bonds is 5. The van der Waals surface area contributed by atoms with Crippen LogP contribution < -0.4 is 9.64 Å². The quantitative estimate of drug-likeness (QED) is 0.607. The van der Waals surface area contributed by atoms with Gasteiger partial charge in [-0.1, -0.05) is 23.8 Å². The molecule has 0 N–H and O–H groups in total. The van der Waals surface area contributed by atoms with E-state index in [1.165, 1.54) is 35.4 Å². The second-order valence-electron chi connectivity index (χ2n) is 8.12. The summed E-state index contributed by atoms with van der Waals surface area (Å²) in [6.07, 6.45) is -0.635. The Morgan fingerprint density at radius 2 is 1.69 bits per heavy atom. The first-order chi connectivity index (χ1) is 15.4. The predicted molar refractivity (Wildman–Crippen MR) is 122 cm³/mol. The molecule has 166 valence electrons. The van der Waals surface area contributed by atoms with Crippen molar-refractivity contribution in [2.75, 3.05) is 31.1 Å².